The Morgan fingerprint density at radius 1 is 1.08 bits per heavy atom. The molecule has 1 heterocycles. The average Bonchev–Trinajstić information content (AvgIpc) is 2.53. The number of primary sulfonamides is 1. The molecule has 0 aliphatic rings. The van der Waals surface area contributed by atoms with Crippen molar-refractivity contribution in [3.05, 3.63) is 54.2 Å². The first kappa shape index (κ1) is 16.0. The van der Waals surface area contributed by atoms with Crippen LogP contribution in [0.15, 0.2) is 63.8 Å². The highest BCUT2D eigenvalue weighted by molar-refractivity contribution is 7.89. The van der Waals surface area contributed by atoms with Gasteiger partial charge in [0.05, 0.1) is 4.90 Å². The molecule has 1 aromatic heterocycles. The van der Waals surface area contributed by atoms with Gasteiger partial charge in [0.2, 0.25) is 10.0 Å². The van der Waals surface area contributed by atoms with Crippen molar-refractivity contribution in [1.82, 2.24) is 4.98 Å². The fraction of sp³-hybridized carbons (Fsp3) is 0.0625. The standard InChI is InChI=1S/C16H14N4O3S/c1-10-6-7-18-15(8-10)20-19-13-9-14(24(17,22)23)11-4-2-3-5-12(11)16(13)21/h2-9,21H,1H3,(H2,17,22,23). The lowest BCUT2D eigenvalue weighted by molar-refractivity contribution is 0.482. The van der Waals surface area contributed by atoms with Gasteiger partial charge in [0.25, 0.3) is 0 Å². The first-order valence-electron chi connectivity index (χ1n) is 6.98. The second-order valence-electron chi connectivity index (χ2n) is 5.22. The van der Waals surface area contributed by atoms with Gasteiger partial charge in [-0.2, -0.15) is 0 Å². The van der Waals surface area contributed by atoms with Gasteiger partial charge in [-0.25, -0.2) is 18.5 Å². The fourth-order valence-electron chi connectivity index (χ4n) is 2.30. The molecule has 2 aromatic carbocycles. The largest absolute Gasteiger partial charge is 0.505 e. The first-order chi connectivity index (χ1) is 11.4. The maximum Gasteiger partial charge on any atom is 0.238 e. The van der Waals surface area contributed by atoms with Gasteiger partial charge in [-0.15, -0.1) is 10.2 Å². The van der Waals surface area contributed by atoms with E-state index in [1.807, 2.05) is 13.0 Å². The third kappa shape index (κ3) is 3.10. The van der Waals surface area contributed by atoms with Crippen molar-refractivity contribution in [2.24, 2.45) is 15.4 Å². The minimum absolute atomic E-state index is 0.000955. The second kappa shape index (κ2) is 5.99. The van der Waals surface area contributed by atoms with E-state index >= 15 is 0 Å². The predicted octanol–water partition coefficient (Wildman–Crippen LogP) is 3.31. The summed E-state index contributed by atoms with van der Waals surface area (Å²) in [6.07, 6.45) is 1.58. The fourth-order valence-corrected chi connectivity index (χ4v) is 3.06. The number of aromatic nitrogens is 1. The van der Waals surface area contributed by atoms with Crippen LogP contribution in [0.5, 0.6) is 5.75 Å². The molecule has 0 radical (unpaired) electrons. The Morgan fingerprint density at radius 2 is 1.79 bits per heavy atom. The van der Waals surface area contributed by atoms with Crippen LogP contribution in [0.4, 0.5) is 11.5 Å². The van der Waals surface area contributed by atoms with E-state index in [0.717, 1.165) is 5.56 Å². The van der Waals surface area contributed by atoms with Crippen LogP contribution >= 0.6 is 0 Å². The summed E-state index contributed by atoms with van der Waals surface area (Å²) in [5, 5.41) is 24.2. The average molecular weight is 342 g/mol. The highest BCUT2D eigenvalue weighted by Crippen LogP contribution is 2.39. The summed E-state index contributed by atoms with van der Waals surface area (Å²) in [6.45, 7) is 1.88. The van der Waals surface area contributed by atoms with Crippen LogP contribution in [0.25, 0.3) is 10.8 Å². The number of azo groups is 1. The third-order valence-corrected chi connectivity index (χ3v) is 4.38. The molecule has 3 rings (SSSR count). The van der Waals surface area contributed by atoms with Crippen LogP contribution in [0.1, 0.15) is 5.56 Å². The highest BCUT2D eigenvalue weighted by atomic mass is 32.2. The third-order valence-electron chi connectivity index (χ3n) is 3.43. The van der Waals surface area contributed by atoms with E-state index in [-0.39, 0.29) is 16.3 Å². The lowest BCUT2D eigenvalue weighted by Gasteiger charge is -2.08. The monoisotopic (exact) mass is 342 g/mol. The number of nitrogens with two attached hydrogens (primary N) is 1. The van der Waals surface area contributed by atoms with Crippen molar-refractivity contribution in [1.29, 1.82) is 0 Å². The van der Waals surface area contributed by atoms with Gasteiger partial charge in [0.1, 0.15) is 5.69 Å². The molecule has 0 bridgehead atoms. The zero-order valence-corrected chi connectivity index (χ0v) is 13.5. The molecule has 8 heteroatoms. The van der Waals surface area contributed by atoms with Crippen LogP contribution in [0.2, 0.25) is 0 Å². The van der Waals surface area contributed by atoms with Crippen LogP contribution in [0, 0.1) is 6.92 Å². The molecule has 0 amide bonds. The summed E-state index contributed by atoms with van der Waals surface area (Å²) in [6, 6.07) is 11.2. The minimum atomic E-state index is -3.99. The Bertz CT molecular complexity index is 1060. The topological polar surface area (TPSA) is 118 Å². The molecule has 24 heavy (non-hydrogen) atoms. The molecule has 0 saturated heterocycles. The summed E-state index contributed by atoms with van der Waals surface area (Å²) >= 11 is 0. The van der Waals surface area contributed by atoms with E-state index in [2.05, 4.69) is 15.2 Å². The first-order valence-corrected chi connectivity index (χ1v) is 8.53. The van der Waals surface area contributed by atoms with Crippen molar-refractivity contribution in [2.45, 2.75) is 11.8 Å². The Morgan fingerprint density at radius 3 is 2.46 bits per heavy atom. The van der Waals surface area contributed by atoms with Gasteiger partial charge < -0.3 is 5.11 Å². The van der Waals surface area contributed by atoms with E-state index in [1.54, 1.807) is 36.5 Å². The molecule has 122 valence electrons. The summed E-state index contributed by atoms with van der Waals surface area (Å²) < 4.78 is 23.7. The summed E-state index contributed by atoms with van der Waals surface area (Å²) in [5.41, 5.74) is 0.952. The number of phenolic OH excluding ortho intramolecular Hbond substituents is 1. The van der Waals surface area contributed by atoms with Crippen LogP contribution in [-0.2, 0) is 10.0 Å². The van der Waals surface area contributed by atoms with Crippen molar-refractivity contribution < 1.29 is 13.5 Å². The molecular formula is C16H14N4O3S. The molecule has 0 fully saturated rings. The number of sulfonamides is 1. The molecule has 0 aliphatic carbocycles. The number of aryl methyl sites for hydroxylation is 1. The maximum atomic E-state index is 11.8. The molecule has 0 saturated carbocycles. The van der Waals surface area contributed by atoms with Gasteiger partial charge in [-0.3, -0.25) is 0 Å². The number of aromatic hydroxyl groups is 1. The van der Waals surface area contributed by atoms with Gasteiger partial charge >= 0.3 is 0 Å². The molecule has 0 spiro atoms. The molecule has 7 nitrogen and oxygen atoms in total. The lowest BCUT2D eigenvalue weighted by Crippen LogP contribution is -2.12. The van der Waals surface area contributed by atoms with Gasteiger partial charge in [-0.1, -0.05) is 24.3 Å². The molecular weight excluding hydrogens is 328 g/mol. The molecule has 3 aromatic rings. The van der Waals surface area contributed by atoms with E-state index in [4.69, 9.17) is 5.14 Å². The summed E-state index contributed by atoms with van der Waals surface area (Å²) in [5.74, 6) is 0.175. The van der Waals surface area contributed by atoms with Gasteiger partial charge in [0.15, 0.2) is 11.6 Å². The predicted molar refractivity (Wildman–Crippen MR) is 90.1 cm³/mol. The highest BCUT2D eigenvalue weighted by Gasteiger charge is 2.18. The Balaban J connectivity index is 2.20. The summed E-state index contributed by atoms with van der Waals surface area (Å²) in [4.78, 5) is 3.91. The quantitative estimate of drug-likeness (QED) is 0.710. The number of fused-ring (bicyclic) bond motifs is 1. The van der Waals surface area contributed by atoms with Gasteiger partial charge in [-0.05, 0) is 30.7 Å². The number of hydrogen-bond donors (Lipinski definition) is 2. The minimum Gasteiger partial charge on any atom is -0.505 e. The molecule has 3 N–H and O–H groups in total. The van der Waals surface area contributed by atoms with Crippen LogP contribution < -0.4 is 5.14 Å². The van der Waals surface area contributed by atoms with Gasteiger partial charge in [0, 0.05) is 17.0 Å². The number of phenols is 1. The van der Waals surface area contributed by atoms with Crippen molar-refractivity contribution >= 4 is 32.3 Å². The number of nitrogens with zero attached hydrogens (tertiary/aromatic N) is 3. The Labute approximate surface area is 138 Å². The van der Waals surface area contributed by atoms with E-state index in [9.17, 15) is 13.5 Å². The second-order valence-corrected chi connectivity index (χ2v) is 6.75. The number of hydrogen-bond acceptors (Lipinski definition) is 6. The van der Waals surface area contributed by atoms with Crippen molar-refractivity contribution in [2.75, 3.05) is 0 Å². The van der Waals surface area contributed by atoms with E-state index in [0.29, 0.717) is 16.6 Å². The summed E-state index contributed by atoms with van der Waals surface area (Å²) in [7, 11) is -3.99. The van der Waals surface area contributed by atoms with Crippen LogP contribution in [0.3, 0.4) is 0 Å². The van der Waals surface area contributed by atoms with E-state index in [1.165, 1.54) is 6.07 Å². The Hall–Kier alpha value is -2.84. The number of benzene rings is 2. The van der Waals surface area contributed by atoms with Crippen molar-refractivity contribution in [3.8, 4) is 5.75 Å². The molecule has 0 aliphatic heterocycles. The van der Waals surface area contributed by atoms with Crippen molar-refractivity contribution in [3.63, 3.8) is 0 Å². The normalized spacial score (nSPS) is 12.1. The van der Waals surface area contributed by atoms with E-state index < -0.39 is 10.0 Å². The number of rotatable bonds is 3. The number of pyridine rings is 1. The zero-order chi connectivity index (χ0) is 17.3. The molecule has 0 atom stereocenters. The molecule has 0 unspecified atom stereocenters. The maximum absolute atomic E-state index is 11.8. The Kier molecular flexibility index (Phi) is 4.00. The van der Waals surface area contributed by atoms with Crippen LogP contribution in [-0.4, -0.2) is 18.5 Å². The lowest BCUT2D eigenvalue weighted by atomic mass is 10.1. The smallest absolute Gasteiger partial charge is 0.238 e. The SMILES string of the molecule is Cc1ccnc(N=Nc2cc(S(N)(=O)=O)c3ccccc3c2O)c1. The zero-order valence-electron chi connectivity index (χ0n) is 12.7.